The van der Waals surface area contributed by atoms with Crippen LogP contribution in [0.25, 0.3) is 0 Å². The van der Waals surface area contributed by atoms with Gasteiger partial charge in [0.2, 0.25) is 0 Å². The van der Waals surface area contributed by atoms with Crippen molar-refractivity contribution < 1.29 is 23.7 Å². The Hall–Kier alpha value is -0.200. The highest BCUT2D eigenvalue weighted by Crippen LogP contribution is 2.32. The van der Waals surface area contributed by atoms with Gasteiger partial charge in [-0.3, -0.25) is 0 Å². The zero-order valence-corrected chi connectivity index (χ0v) is 20.1. The van der Waals surface area contributed by atoms with Crippen LogP contribution in [0.15, 0.2) is 0 Å². The second-order valence-corrected chi connectivity index (χ2v) is 9.16. The van der Waals surface area contributed by atoms with Gasteiger partial charge >= 0.3 is 0 Å². The Morgan fingerprint density at radius 2 is 1.23 bits per heavy atom. The summed E-state index contributed by atoms with van der Waals surface area (Å²) in [5.41, 5.74) is 0. The normalized spacial score (nSPS) is 32.4. The van der Waals surface area contributed by atoms with Crippen molar-refractivity contribution >= 4 is 0 Å². The average molecular weight is 429 g/mol. The first kappa shape index (κ1) is 26.1. The van der Waals surface area contributed by atoms with Crippen molar-refractivity contribution in [3.05, 3.63) is 0 Å². The molecule has 6 unspecified atom stereocenters. The topological polar surface area (TPSA) is 46.2 Å². The standard InChI is InChI=1S/C25H48O5/c1-5-8-9-21-11-13-23(28-7-3)25(19-21)30-17-15-26-14-16-29-24-18-20(4)10-12-22(24)27-6-2/h20-25H,5-19H2,1-4H3. The Kier molecular flexibility index (Phi) is 13.5. The van der Waals surface area contributed by atoms with Crippen LogP contribution in [0.3, 0.4) is 0 Å². The van der Waals surface area contributed by atoms with Crippen molar-refractivity contribution in [3.8, 4) is 0 Å². The molecule has 2 aliphatic carbocycles. The lowest BCUT2D eigenvalue weighted by molar-refractivity contribution is -0.120. The van der Waals surface area contributed by atoms with Gasteiger partial charge in [-0.05, 0) is 64.2 Å². The maximum Gasteiger partial charge on any atom is 0.0840 e. The summed E-state index contributed by atoms with van der Waals surface area (Å²) in [6.07, 6.45) is 11.8. The van der Waals surface area contributed by atoms with E-state index >= 15 is 0 Å². The Balaban J connectivity index is 1.59. The van der Waals surface area contributed by atoms with E-state index in [0.29, 0.717) is 26.4 Å². The third-order valence-corrected chi connectivity index (χ3v) is 6.68. The minimum atomic E-state index is 0.211. The largest absolute Gasteiger partial charge is 0.377 e. The molecule has 178 valence electrons. The van der Waals surface area contributed by atoms with E-state index in [0.717, 1.165) is 50.7 Å². The summed E-state index contributed by atoms with van der Waals surface area (Å²) in [7, 11) is 0. The predicted molar refractivity (Wildman–Crippen MR) is 121 cm³/mol. The highest BCUT2D eigenvalue weighted by atomic mass is 16.6. The molecule has 30 heavy (non-hydrogen) atoms. The number of unbranched alkanes of at least 4 members (excludes halogenated alkanes) is 1. The summed E-state index contributed by atoms with van der Waals surface area (Å²) in [5, 5.41) is 0. The summed E-state index contributed by atoms with van der Waals surface area (Å²) in [4.78, 5) is 0. The van der Waals surface area contributed by atoms with Crippen molar-refractivity contribution in [2.75, 3.05) is 39.6 Å². The molecule has 5 nitrogen and oxygen atoms in total. The van der Waals surface area contributed by atoms with Crippen LogP contribution in [0, 0.1) is 11.8 Å². The molecule has 6 atom stereocenters. The van der Waals surface area contributed by atoms with E-state index in [-0.39, 0.29) is 24.4 Å². The number of ether oxygens (including phenoxy) is 5. The zero-order chi connectivity index (χ0) is 21.6. The molecule has 0 aromatic rings. The van der Waals surface area contributed by atoms with Gasteiger partial charge in [0.1, 0.15) is 0 Å². The lowest BCUT2D eigenvalue weighted by Gasteiger charge is -2.36. The number of hydrogen-bond acceptors (Lipinski definition) is 5. The summed E-state index contributed by atoms with van der Waals surface area (Å²) in [6, 6.07) is 0. The van der Waals surface area contributed by atoms with Gasteiger partial charge in [0, 0.05) is 13.2 Å². The minimum Gasteiger partial charge on any atom is -0.377 e. The second-order valence-electron chi connectivity index (χ2n) is 9.16. The van der Waals surface area contributed by atoms with Gasteiger partial charge in [0.15, 0.2) is 0 Å². The third kappa shape index (κ3) is 9.52. The van der Waals surface area contributed by atoms with Gasteiger partial charge in [-0.1, -0.05) is 33.1 Å². The molecular weight excluding hydrogens is 380 g/mol. The van der Waals surface area contributed by atoms with Crippen molar-refractivity contribution in [2.45, 2.75) is 110 Å². The minimum absolute atomic E-state index is 0.211. The number of hydrogen-bond donors (Lipinski definition) is 0. The molecule has 0 saturated heterocycles. The molecule has 0 N–H and O–H groups in total. The van der Waals surface area contributed by atoms with E-state index in [1.54, 1.807) is 0 Å². The van der Waals surface area contributed by atoms with E-state index < -0.39 is 0 Å². The van der Waals surface area contributed by atoms with Crippen LogP contribution < -0.4 is 0 Å². The first-order valence-electron chi connectivity index (χ1n) is 12.7. The van der Waals surface area contributed by atoms with Gasteiger partial charge in [-0.25, -0.2) is 0 Å². The Morgan fingerprint density at radius 1 is 0.633 bits per heavy atom. The summed E-state index contributed by atoms with van der Waals surface area (Å²) in [6.45, 7) is 12.7. The first-order valence-corrected chi connectivity index (χ1v) is 12.7. The molecule has 0 aliphatic heterocycles. The molecule has 0 heterocycles. The molecule has 2 fully saturated rings. The lowest BCUT2D eigenvalue weighted by Crippen LogP contribution is -2.39. The quantitative estimate of drug-likeness (QED) is 0.327. The zero-order valence-electron chi connectivity index (χ0n) is 20.1. The Bertz CT molecular complexity index is 418. The monoisotopic (exact) mass is 428 g/mol. The van der Waals surface area contributed by atoms with E-state index in [1.807, 2.05) is 0 Å². The number of rotatable bonds is 15. The fourth-order valence-corrected chi connectivity index (χ4v) is 5.02. The molecule has 0 amide bonds. The van der Waals surface area contributed by atoms with Gasteiger partial charge in [0.25, 0.3) is 0 Å². The summed E-state index contributed by atoms with van der Waals surface area (Å²) < 4.78 is 29.9. The SMILES string of the molecule is CCCCC1CCC(OCC)C(OCCOCCOC2CC(C)CCC2OCC)C1. The van der Waals surface area contributed by atoms with Crippen LogP contribution in [-0.4, -0.2) is 64.1 Å². The highest BCUT2D eigenvalue weighted by molar-refractivity contribution is 4.82. The van der Waals surface area contributed by atoms with Crippen molar-refractivity contribution in [3.63, 3.8) is 0 Å². The van der Waals surface area contributed by atoms with Crippen molar-refractivity contribution in [1.29, 1.82) is 0 Å². The van der Waals surface area contributed by atoms with Gasteiger partial charge in [0.05, 0.1) is 50.8 Å². The molecule has 0 radical (unpaired) electrons. The molecule has 2 rings (SSSR count). The van der Waals surface area contributed by atoms with Gasteiger partial charge in [-0.2, -0.15) is 0 Å². The summed E-state index contributed by atoms with van der Waals surface area (Å²) in [5.74, 6) is 1.51. The van der Waals surface area contributed by atoms with E-state index in [1.165, 1.54) is 32.1 Å². The second kappa shape index (κ2) is 15.6. The maximum atomic E-state index is 6.21. The Morgan fingerprint density at radius 3 is 1.83 bits per heavy atom. The van der Waals surface area contributed by atoms with Crippen LogP contribution in [-0.2, 0) is 23.7 Å². The molecule has 0 aromatic heterocycles. The van der Waals surface area contributed by atoms with Crippen LogP contribution in [0.4, 0.5) is 0 Å². The molecule has 0 bridgehead atoms. The molecule has 0 aromatic carbocycles. The first-order chi connectivity index (χ1) is 14.7. The smallest absolute Gasteiger partial charge is 0.0840 e. The van der Waals surface area contributed by atoms with E-state index in [2.05, 4.69) is 27.7 Å². The van der Waals surface area contributed by atoms with Crippen LogP contribution in [0.2, 0.25) is 0 Å². The van der Waals surface area contributed by atoms with Crippen molar-refractivity contribution in [2.24, 2.45) is 11.8 Å². The highest BCUT2D eigenvalue weighted by Gasteiger charge is 2.31. The van der Waals surface area contributed by atoms with Crippen LogP contribution >= 0.6 is 0 Å². The molecular formula is C25H48O5. The molecule has 2 aliphatic rings. The predicted octanol–water partition coefficient (Wildman–Crippen LogP) is 5.39. The fourth-order valence-electron chi connectivity index (χ4n) is 5.02. The third-order valence-electron chi connectivity index (χ3n) is 6.68. The average Bonchev–Trinajstić information content (AvgIpc) is 2.75. The maximum absolute atomic E-state index is 6.21. The fraction of sp³-hybridized carbons (Fsp3) is 1.00. The van der Waals surface area contributed by atoms with E-state index in [4.69, 9.17) is 23.7 Å². The summed E-state index contributed by atoms with van der Waals surface area (Å²) >= 11 is 0. The molecule has 2 saturated carbocycles. The Labute approximate surface area is 185 Å². The van der Waals surface area contributed by atoms with Crippen LogP contribution in [0.1, 0.15) is 85.5 Å². The van der Waals surface area contributed by atoms with Gasteiger partial charge in [-0.15, -0.1) is 0 Å². The molecule has 5 heteroatoms. The van der Waals surface area contributed by atoms with Gasteiger partial charge < -0.3 is 23.7 Å². The van der Waals surface area contributed by atoms with Crippen molar-refractivity contribution in [1.82, 2.24) is 0 Å². The molecule has 0 spiro atoms. The van der Waals surface area contributed by atoms with E-state index in [9.17, 15) is 0 Å². The van der Waals surface area contributed by atoms with Crippen LogP contribution in [0.5, 0.6) is 0 Å². The lowest BCUT2D eigenvalue weighted by atomic mass is 9.82.